The predicted molar refractivity (Wildman–Crippen MR) is 110 cm³/mol. The van der Waals surface area contributed by atoms with Crippen molar-refractivity contribution in [2.45, 2.75) is 12.5 Å². The van der Waals surface area contributed by atoms with Gasteiger partial charge in [0.15, 0.2) is 0 Å². The first-order valence-corrected chi connectivity index (χ1v) is 9.71. The maximum absolute atomic E-state index is 12.9. The summed E-state index contributed by atoms with van der Waals surface area (Å²) in [5.41, 5.74) is 2.55. The minimum absolute atomic E-state index is 0.268. The topological polar surface area (TPSA) is 86.9 Å². The smallest absolute Gasteiger partial charge is 0.262 e. The molecule has 0 aliphatic heterocycles. The van der Waals surface area contributed by atoms with Crippen LogP contribution in [0, 0.1) is 0 Å². The van der Waals surface area contributed by atoms with Gasteiger partial charge in [-0.25, -0.2) is 4.98 Å². The molecular weight excluding hydrogens is 372 g/mol. The maximum Gasteiger partial charge on any atom is 0.262 e. The second kappa shape index (κ2) is 8.06. The largest absolute Gasteiger partial charge is 0.339 e. The second-order valence-electron chi connectivity index (χ2n) is 6.28. The van der Waals surface area contributed by atoms with Gasteiger partial charge in [0.25, 0.3) is 5.91 Å². The number of carbonyl (C=O) groups excluding carboxylic acids is 2. The van der Waals surface area contributed by atoms with Crippen LogP contribution in [0.3, 0.4) is 0 Å². The number of hydrogen-bond donors (Lipinski definition) is 3. The molecular formula is C21H18N4O2S. The van der Waals surface area contributed by atoms with Crippen molar-refractivity contribution in [1.82, 2.24) is 15.3 Å². The van der Waals surface area contributed by atoms with Gasteiger partial charge in [0, 0.05) is 6.42 Å². The summed E-state index contributed by atoms with van der Waals surface area (Å²) >= 11 is 1.34. The zero-order chi connectivity index (χ0) is 19.3. The van der Waals surface area contributed by atoms with E-state index >= 15 is 0 Å². The summed E-state index contributed by atoms with van der Waals surface area (Å²) < 4.78 is 0. The van der Waals surface area contributed by atoms with Crippen LogP contribution in [0.25, 0.3) is 11.0 Å². The number of carbonyl (C=O) groups is 2. The van der Waals surface area contributed by atoms with E-state index in [-0.39, 0.29) is 11.8 Å². The van der Waals surface area contributed by atoms with Gasteiger partial charge in [0.1, 0.15) is 6.04 Å². The van der Waals surface area contributed by atoms with E-state index in [4.69, 9.17) is 0 Å². The first-order chi connectivity index (χ1) is 13.7. The van der Waals surface area contributed by atoms with Crippen LogP contribution in [-0.2, 0) is 11.2 Å². The molecule has 6 nitrogen and oxygen atoms in total. The van der Waals surface area contributed by atoms with Crippen LogP contribution in [0.4, 0.5) is 5.95 Å². The van der Waals surface area contributed by atoms with Crippen LogP contribution >= 0.6 is 11.3 Å². The molecule has 0 spiro atoms. The van der Waals surface area contributed by atoms with Crippen LogP contribution in [-0.4, -0.2) is 27.8 Å². The predicted octanol–water partition coefficient (Wildman–Crippen LogP) is 3.60. The second-order valence-corrected chi connectivity index (χ2v) is 7.23. The highest BCUT2D eigenvalue weighted by Crippen LogP contribution is 2.15. The Morgan fingerprint density at radius 3 is 2.54 bits per heavy atom. The summed E-state index contributed by atoms with van der Waals surface area (Å²) in [6.07, 6.45) is 0.379. The SMILES string of the molecule is O=C(N[C@@H](Cc1ccccc1)C(=O)Nc1nc2ccccc2[nH]1)c1cccs1. The Kier molecular flexibility index (Phi) is 5.16. The van der Waals surface area contributed by atoms with E-state index < -0.39 is 6.04 Å². The zero-order valence-corrected chi connectivity index (χ0v) is 15.7. The third-order valence-corrected chi connectivity index (χ3v) is 5.15. The Morgan fingerprint density at radius 1 is 1.00 bits per heavy atom. The lowest BCUT2D eigenvalue weighted by molar-refractivity contribution is -0.118. The fraction of sp³-hybridized carbons (Fsp3) is 0.0952. The van der Waals surface area contributed by atoms with E-state index in [1.807, 2.05) is 60.0 Å². The Hall–Kier alpha value is -3.45. The molecule has 0 unspecified atom stereocenters. The van der Waals surface area contributed by atoms with Crippen LogP contribution in [0.15, 0.2) is 72.1 Å². The number of aromatic amines is 1. The number of H-pyrrole nitrogens is 1. The molecule has 0 bridgehead atoms. The summed E-state index contributed by atoms with van der Waals surface area (Å²) in [4.78, 5) is 33.4. The number of thiophene rings is 1. The minimum atomic E-state index is -0.731. The Morgan fingerprint density at radius 2 is 1.79 bits per heavy atom. The number of hydrogen-bond acceptors (Lipinski definition) is 4. The summed E-state index contributed by atoms with van der Waals surface area (Å²) in [6, 6.07) is 19.9. The average Bonchev–Trinajstić information content (AvgIpc) is 3.37. The van der Waals surface area contributed by atoms with Crippen molar-refractivity contribution in [3.8, 4) is 0 Å². The summed E-state index contributed by atoms with van der Waals surface area (Å²) in [6.45, 7) is 0. The number of aromatic nitrogens is 2. The Bertz CT molecular complexity index is 1060. The van der Waals surface area contributed by atoms with Crippen LogP contribution in [0.2, 0.25) is 0 Å². The quantitative estimate of drug-likeness (QED) is 0.470. The Labute approximate surface area is 165 Å². The van der Waals surface area contributed by atoms with Crippen molar-refractivity contribution in [3.63, 3.8) is 0 Å². The third-order valence-electron chi connectivity index (χ3n) is 4.28. The van der Waals surface area contributed by atoms with Crippen molar-refractivity contribution in [3.05, 3.63) is 82.6 Å². The maximum atomic E-state index is 12.9. The van der Waals surface area contributed by atoms with E-state index in [1.165, 1.54) is 11.3 Å². The molecule has 2 aromatic carbocycles. The molecule has 140 valence electrons. The van der Waals surface area contributed by atoms with Crippen molar-refractivity contribution in [2.24, 2.45) is 0 Å². The highest BCUT2D eigenvalue weighted by Gasteiger charge is 2.23. The first kappa shape index (κ1) is 17.9. The number of nitrogens with one attached hydrogen (secondary N) is 3. The fourth-order valence-corrected chi connectivity index (χ4v) is 3.54. The van der Waals surface area contributed by atoms with Gasteiger partial charge >= 0.3 is 0 Å². The standard InChI is InChI=1S/C21H18N4O2S/c26-19(25-21-23-15-9-4-5-10-16(15)24-21)17(13-14-7-2-1-3-8-14)22-20(27)18-11-6-12-28-18/h1-12,17H,13H2,(H,22,27)(H2,23,24,25,26)/t17-/m0/s1. The number of anilines is 1. The van der Waals surface area contributed by atoms with Gasteiger partial charge in [-0.2, -0.15) is 0 Å². The van der Waals surface area contributed by atoms with Crippen LogP contribution < -0.4 is 10.6 Å². The molecule has 7 heteroatoms. The molecule has 28 heavy (non-hydrogen) atoms. The van der Waals surface area contributed by atoms with Crippen molar-refractivity contribution in [2.75, 3.05) is 5.32 Å². The lowest BCUT2D eigenvalue weighted by Crippen LogP contribution is -2.45. The monoisotopic (exact) mass is 390 g/mol. The van der Waals surface area contributed by atoms with E-state index in [9.17, 15) is 9.59 Å². The van der Waals surface area contributed by atoms with Gasteiger partial charge in [0.05, 0.1) is 15.9 Å². The number of amides is 2. The molecule has 2 aromatic heterocycles. The van der Waals surface area contributed by atoms with Gasteiger partial charge in [-0.3, -0.25) is 14.9 Å². The lowest BCUT2D eigenvalue weighted by Gasteiger charge is -2.17. The molecule has 3 N–H and O–H groups in total. The first-order valence-electron chi connectivity index (χ1n) is 8.83. The molecule has 1 atom stereocenters. The minimum Gasteiger partial charge on any atom is -0.339 e. The number of imidazole rings is 1. The summed E-state index contributed by atoms with van der Waals surface area (Å²) in [5, 5.41) is 7.45. The van der Waals surface area contributed by atoms with Crippen molar-refractivity contribution < 1.29 is 9.59 Å². The van der Waals surface area contributed by atoms with Crippen LogP contribution in [0.1, 0.15) is 15.2 Å². The molecule has 0 fully saturated rings. The fourth-order valence-electron chi connectivity index (χ4n) is 2.91. The molecule has 0 aliphatic carbocycles. The third kappa shape index (κ3) is 4.10. The number of fused-ring (bicyclic) bond motifs is 1. The molecule has 0 aliphatic rings. The molecule has 4 aromatic rings. The normalized spacial score (nSPS) is 11.9. The van der Waals surface area contributed by atoms with E-state index in [0.717, 1.165) is 16.6 Å². The number of rotatable bonds is 6. The van der Waals surface area contributed by atoms with Crippen LogP contribution in [0.5, 0.6) is 0 Å². The van der Waals surface area contributed by atoms with Crippen molar-refractivity contribution in [1.29, 1.82) is 0 Å². The molecule has 0 saturated heterocycles. The summed E-state index contributed by atoms with van der Waals surface area (Å²) in [5.74, 6) is -0.238. The lowest BCUT2D eigenvalue weighted by atomic mass is 10.1. The number of benzene rings is 2. The molecule has 0 radical (unpaired) electrons. The van der Waals surface area contributed by atoms with E-state index in [2.05, 4.69) is 20.6 Å². The van der Waals surface area contributed by atoms with Gasteiger partial charge in [0.2, 0.25) is 11.9 Å². The molecule has 4 rings (SSSR count). The number of para-hydroxylation sites is 2. The molecule has 2 amide bonds. The zero-order valence-electron chi connectivity index (χ0n) is 14.9. The van der Waals surface area contributed by atoms with E-state index in [0.29, 0.717) is 17.2 Å². The summed E-state index contributed by atoms with van der Waals surface area (Å²) in [7, 11) is 0. The van der Waals surface area contributed by atoms with Gasteiger partial charge < -0.3 is 10.3 Å². The highest BCUT2D eigenvalue weighted by atomic mass is 32.1. The van der Waals surface area contributed by atoms with Gasteiger partial charge in [-0.1, -0.05) is 48.5 Å². The molecule has 2 heterocycles. The molecule has 0 saturated carbocycles. The van der Waals surface area contributed by atoms with Gasteiger partial charge in [-0.05, 0) is 29.1 Å². The van der Waals surface area contributed by atoms with Crippen molar-refractivity contribution >= 4 is 40.1 Å². The average molecular weight is 390 g/mol. The van der Waals surface area contributed by atoms with E-state index in [1.54, 1.807) is 12.1 Å². The number of nitrogens with zero attached hydrogens (tertiary/aromatic N) is 1. The van der Waals surface area contributed by atoms with Gasteiger partial charge in [-0.15, -0.1) is 11.3 Å². The highest BCUT2D eigenvalue weighted by molar-refractivity contribution is 7.12. The Balaban J connectivity index is 1.54.